The summed E-state index contributed by atoms with van der Waals surface area (Å²) in [5.74, 6) is -1.87. The molecule has 1 heterocycles. The molecule has 2 N–H and O–H groups in total. The van der Waals surface area contributed by atoms with Crippen LogP contribution in [0.15, 0.2) is 4.52 Å². The largest absolute Gasteiger partial charge is 0.481 e. The molecule has 0 aromatic carbocycles. The van der Waals surface area contributed by atoms with Crippen molar-refractivity contribution in [1.82, 2.24) is 15.5 Å². The highest BCUT2D eigenvalue weighted by Gasteiger charge is 2.18. The van der Waals surface area contributed by atoms with Crippen molar-refractivity contribution in [1.29, 1.82) is 0 Å². The molecule has 88 valence electrons. The fraction of sp³-hybridized carbons (Fsp3) is 0.556. The van der Waals surface area contributed by atoms with Crippen LogP contribution in [0.1, 0.15) is 29.9 Å². The Balaban J connectivity index is 2.49. The van der Waals surface area contributed by atoms with Gasteiger partial charge >= 0.3 is 5.97 Å². The Morgan fingerprint density at radius 1 is 1.56 bits per heavy atom. The Morgan fingerprint density at radius 3 is 2.69 bits per heavy atom. The molecule has 0 aliphatic carbocycles. The van der Waals surface area contributed by atoms with Crippen molar-refractivity contribution in [2.24, 2.45) is 5.92 Å². The van der Waals surface area contributed by atoms with Crippen LogP contribution < -0.4 is 5.32 Å². The van der Waals surface area contributed by atoms with Crippen molar-refractivity contribution in [2.75, 3.05) is 6.54 Å². The maximum Gasteiger partial charge on any atom is 0.308 e. The predicted octanol–water partition coefficient (Wildman–Crippen LogP) is 0.219. The van der Waals surface area contributed by atoms with Crippen molar-refractivity contribution in [3.8, 4) is 0 Å². The van der Waals surface area contributed by atoms with Crippen LogP contribution in [-0.4, -0.2) is 33.7 Å². The smallest absolute Gasteiger partial charge is 0.308 e. The Kier molecular flexibility index (Phi) is 3.98. The topological polar surface area (TPSA) is 105 Å². The number of carboxylic acids is 1. The van der Waals surface area contributed by atoms with E-state index in [0.29, 0.717) is 6.42 Å². The molecule has 1 aromatic heterocycles. The Labute approximate surface area is 91.8 Å². The van der Waals surface area contributed by atoms with E-state index < -0.39 is 17.8 Å². The summed E-state index contributed by atoms with van der Waals surface area (Å²) in [4.78, 5) is 25.8. The van der Waals surface area contributed by atoms with Crippen molar-refractivity contribution in [2.45, 2.75) is 20.3 Å². The summed E-state index contributed by atoms with van der Waals surface area (Å²) in [5, 5.41) is 14.6. The van der Waals surface area contributed by atoms with Gasteiger partial charge in [0.1, 0.15) is 0 Å². The number of aryl methyl sites for hydroxylation is 1. The molecule has 1 aromatic rings. The van der Waals surface area contributed by atoms with Crippen LogP contribution in [0.5, 0.6) is 0 Å². The first-order valence-electron chi connectivity index (χ1n) is 4.86. The number of nitrogens with zero attached hydrogens (tertiary/aromatic N) is 2. The number of nitrogens with one attached hydrogen (secondary N) is 1. The van der Waals surface area contributed by atoms with E-state index >= 15 is 0 Å². The van der Waals surface area contributed by atoms with Gasteiger partial charge in [-0.3, -0.25) is 9.59 Å². The van der Waals surface area contributed by atoms with Gasteiger partial charge in [-0.2, -0.15) is 4.98 Å². The quantitative estimate of drug-likeness (QED) is 0.745. The molecule has 7 nitrogen and oxygen atoms in total. The first-order chi connectivity index (χ1) is 7.54. The van der Waals surface area contributed by atoms with E-state index in [1.54, 1.807) is 13.8 Å². The number of hydrogen-bond acceptors (Lipinski definition) is 5. The first kappa shape index (κ1) is 12.2. The van der Waals surface area contributed by atoms with E-state index in [0.717, 1.165) is 0 Å². The molecule has 7 heteroatoms. The van der Waals surface area contributed by atoms with Gasteiger partial charge in [-0.25, -0.2) is 0 Å². The number of carboxylic acid groups (broad SMARTS) is 1. The van der Waals surface area contributed by atoms with Gasteiger partial charge < -0.3 is 14.9 Å². The lowest BCUT2D eigenvalue weighted by atomic mass is 10.1. The molecule has 1 rings (SSSR count). The van der Waals surface area contributed by atoms with Gasteiger partial charge in [0, 0.05) is 13.5 Å². The molecular weight excluding hydrogens is 214 g/mol. The molecule has 16 heavy (non-hydrogen) atoms. The molecular formula is C9H13N3O4. The lowest BCUT2D eigenvalue weighted by Crippen LogP contribution is -2.33. The maximum atomic E-state index is 11.4. The molecule has 1 unspecified atom stereocenters. The molecule has 0 radical (unpaired) electrons. The van der Waals surface area contributed by atoms with Crippen LogP contribution in [0.2, 0.25) is 0 Å². The van der Waals surface area contributed by atoms with E-state index in [1.807, 2.05) is 0 Å². The average molecular weight is 227 g/mol. The average Bonchev–Trinajstić information content (AvgIpc) is 2.65. The van der Waals surface area contributed by atoms with Gasteiger partial charge in [0.05, 0.1) is 5.92 Å². The lowest BCUT2D eigenvalue weighted by molar-refractivity contribution is -0.141. The summed E-state index contributed by atoms with van der Waals surface area (Å²) in [5.41, 5.74) is 0. The maximum absolute atomic E-state index is 11.4. The zero-order valence-electron chi connectivity index (χ0n) is 9.06. The fourth-order valence-corrected chi connectivity index (χ4v) is 1.09. The Morgan fingerprint density at radius 2 is 2.25 bits per heavy atom. The molecule has 1 amide bonds. The number of amides is 1. The van der Waals surface area contributed by atoms with E-state index in [-0.39, 0.29) is 18.3 Å². The minimum atomic E-state index is -0.938. The summed E-state index contributed by atoms with van der Waals surface area (Å²) in [6, 6.07) is 0. The molecule has 0 aliphatic rings. The van der Waals surface area contributed by atoms with Crippen LogP contribution in [0.25, 0.3) is 0 Å². The monoisotopic (exact) mass is 227 g/mol. The van der Waals surface area contributed by atoms with Crippen molar-refractivity contribution < 1.29 is 19.2 Å². The molecule has 0 fully saturated rings. The number of hydrogen-bond donors (Lipinski definition) is 2. The molecule has 0 saturated heterocycles. The molecule has 1 atom stereocenters. The van der Waals surface area contributed by atoms with Crippen molar-refractivity contribution in [3.63, 3.8) is 0 Å². The fourth-order valence-electron chi connectivity index (χ4n) is 1.09. The second-order valence-corrected chi connectivity index (χ2v) is 3.29. The number of carbonyl (C=O) groups is 2. The second kappa shape index (κ2) is 5.24. The SMILES string of the molecule is CCC(CNC(=O)c1noc(C)n1)C(=O)O. The zero-order chi connectivity index (χ0) is 12.1. The minimum absolute atomic E-state index is 0.0538. The number of aromatic nitrogens is 2. The van der Waals surface area contributed by atoms with Gasteiger partial charge in [0.15, 0.2) is 0 Å². The van der Waals surface area contributed by atoms with Crippen LogP contribution in [0.4, 0.5) is 0 Å². The standard InChI is InChI=1S/C9H13N3O4/c1-3-6(9(14)15)4-10-8(13)7-11-5(2)16-12-7/h6H,3-4H2,1-2H3,(H,10,13)(H,14,15). The number of aliphatic carboxylic acids is 1. The third-order valence-electron chi connectivity index (χ3n) is 2.08. The Bertz CT molecular complexity index is 388. The normalized spacial score (nSPS) is 12.1. The van der Waals surface area contributed by atoms with Crippen LogP contribution in [0.3, 0.4) is 0 Å². The number of rotatable bonds is 5. The van der Waals surface area contributed by atoms with Crippen LogP contribution >= 0.6 is 0 Å². The third-order valence-corrected chi connectivity index (χ3v) is 2.08. The van der Waals surface area contributed by atoms with Crippen molar-refractivity contribution in [3.05, 3.63) is 11.7 Å². The highest BCUT2D eigenvalue weighted by molar-refractivity contribution is 5.90. The van der Waals surface area contributed by atoms with E-state index in [9.17, 15) is 9.59 Å². The molecule has 0 bridgehead atoms. The van der Waals surface area contributed by atoms with Gasteiger partial charge in [0.25, 0.3) is 11.7 Å². The Hall–Kier alpha value is -1.92. The van der Waals surface area contributed by atoms with Gasteiger partial charge in [-0.15, -0.1) is 0 Å². The highest BCUT2D eigenvalue weighted by atomic mass is 16.5. The van der Waals surface area contributed by atoms with Gasteiger partial charge in [-0.1, -0.05) is 12.1 Å². The van der Waals surface area contributed by atoms with Crippen LogP contribution in [0, 0.1) is 12.8 Å². The lowest BCUT2D eigenvalue weighted by Gasteiger charge is -2.09. The minimum Gasteiger partial charge on any atom is -0.481 e. The van der Waals surface area contributed by atoms with Gasteiger partial charge in [0.2, 0.25) is 5.89 Å². The summed E-state index contributed by atoms with van der Waals surface area (Å²) in [6.07, 6.45) is 0.445. The van der Waals surface area contributed by atoms with Crippen molar-refractivity contribution >= 4 is 11.9 Å². The van der Waals surface area contributed by atoms with Gasteiger partial charge in [-0.05, 0) is 6.42 Å². The van der Waals surface area contributed by atoms with Crippen LogP contribution in [-0.2, 0) is 4.79 Å². The molecule has 0 spiro atoms. The zero-order valence-corrected chi connectivity index (χ0v) is 9.06. The second-order valence-electron chi connectivity index (χ2n) is 3.29. The number of carbonyl (C=O) groups excluding carboxylic acids is 1. The third kappa shape index (κ3) is 3.04. The van der Waals surface area contributed by atoms with E-state index in [4.69, 9.17) is 5.11 Å². The predicted molar refractivity (Wildman–Crippen MR) is 52.8 cm³/mol. The highest BCUT2D eigenvalue weighted by Crippen LogP contribution is 2.01. The summed E-state index contributed by atoms with van der Waals surface area (Å²) in [7, 11) is 0. The molecule has 0 saturated carbocycles. The summed E-state index contributed by atoms with van der Waals surface area (Å²) < 4.78 is 4.63. The van der Waals surface area contributed by atoms with E-state index in [1.165, 1.54) is 0 Å². The first-order valence-corrected chi connectivity index (χ1v) is 4.86. The summed E-state index contributed by atoms with van der Waals surface area (Å²) >= 11 is 0. The van der Waals surface area contributed by atoms with E-state index in [2.05, 4.69) is 20.0 Å². The molecule has 0 aliphatic heterocycles. The summed E-state index contributed by atoms with van der Waals surface area (Å²) in [6.45, 7) is 3.36.